The summed E-state index contributed by atoms with van der Waals surface area (Å²) in [5, 5.41) is 16.0. The highest BCUT2D eigenvalue weighted by atomic mass is 16.2. The van der Waals surface area contributed by atoms with Gasteiger partial charge in [-0.15, -0.1) is 0 Å². The Bertz CT molecular complexity index is 3060. The highest BCUT2D eigenvalue weighted by molar-refractivity contribution is 5.79. The van der Waals surface area contributed by atoms with Crippen LogP contribution in [0.1, 0.15) is 40.0 Å². The molecule has 0 bridgehead atoms. The van der Waals surface area contributed by atoms with Crippen LogP contribution in [0.4, 0.5) is 34.1 Å². The van der Waals surface area contributed by atoms with E-state index in [1.54, 1.807) is 33.6 Å². The topological polar surface area (TPSA) is 141 Å². The Labute approximate surface area is 383 Å². The number of nitrogens with zero attached hydrogens (tertiary/aromatic N) is 12. The van der Waals surface area contributed by atoms with Crippen molar-refractivity contribution in [3.05, 3.63) is 143 Å². The van der Waals surface area contributed by atoms with E-state index < -0.39 is 0 Å². The molecule has 0 amide bonds. The Morgan fingerprint density at radius 3 is 1.42 bits per heavy atom. The molecule has 2 fully saturated rings. The number of hydrogen-bond donors (Lipinski definition) is 2. The molecule has 2 aliphatic rings. The van der Waals surface area contributed by atoms with Gasteiger partial charge in [0.2, 0.25) is 0 Å². The van der Waals surface area contributed by atoms with Gasteiger partial charge in [0, 0.05) is 117 Å². The quantitative estimate of drug-likeness (QED) is 0.115. The second-order valence-electron chi connectivity index (χ2n) is 17.1. The second kappa shape index (κ2) is 18.7. The van der Waals surface area contributed by atoms with E-state index >= 15 is 0 Å². The van der Waals surface area contributed by atoms with E-state index in [1.807, 2.05) is 24.3 Å². The average Bonchev–Trinajstić information content (AvgIpc) is 4.06. The molecule has 0 saturated carbocycles. The fraction of sp³-hybridized carbons (Fsp3) is 0.320. The summed E-state index contributed by atoms with van der Waals surface area (Å²) in [6.07, 6.45) is 9.77. The lowest BCUT2D eigenvalue weighted by atomic mass is 10.1. The number of anilines is 6. The van der Waals surface area contributed by atoms with Gasteiger partial charge in [-0.05, 0) is 111 Å². The molecule has 2 saturated heterocycles. The van der Waals surface area contributed by atoms with Crippen molar-refractivity contribution in [1.82, 2.24) is 48.3 Å². The molecule has 8 aromatic rings. The van der Waals surface area contributed by atoms with Crippen molar-refractivity contribution < 1.29 is 0 Å². The molecule has 2 N–H and O–H groups in total. The van der Waals surface area contributed by atoms with Gasteiger partial charge in [-0.1, -0.05) is 20.8 Å². The summed E-state index contributed by atoms with van der Waals surface area (Å²) in [6.45, 7) is 16.4. The minimum Gasteiger partial charge on any atom is -0.369 e. The molecule has 8 heterocycles. The number of benzene rings is 2. The van der Waals surface area contributed by atoms with Crippen LogP contribution in [0, 0.1) is 0 Å². The first-order chi connectivity index (χ1) is 32.4. The number of piperazine rings is 2. The van der Waals surface area contributed by atoms with E-state index in [-0.39, 0.29) is 11.1 Å². The highest BCUT2D eigenvalue weighted by Gasteiger charge is 2.22. The largest absolute Gasteiger partial charge is 0.369 e. The van der Waals surface area contributed by atoms with Crippen LogP contribution in [-0.2, 0) is 0 Å². The lowest BCUT2D eigenvalue weighted by Gasteiger charge is -2.39. The second-order valence-corrected chi connectivity index (χ2v) is 17.1. The maximum atomic E-state index is 13.7. The summed E-state index contributed by atoms with van der Waals surface area (Å²) in [5.41, 5.74) is 9.00. The first kappa shape index (κ1) is 42.6. The van der Waals surface area contributed by atoms with Gasteiger partial charge in [-0.3, -0.25) is 19.4 Å². The number of hydrogen-bond acceptors (Lipinski definition) is 12. The normalized spacial score (nSPS) is 15.0. The molecule has 0 spiro atoms. The van der Waals surface area contributed by atoms with Gasteiger partial charge < -0.3 is 20.4 Å². The predicted octanol–water partition coefficient (Wildman–Crippen LogP) is 7.07. The van der Waals surface area contributed by atoms with Crippen LogP contribution in [0.5, 0.6) is 0 Å². The molecule has 16 nitrogen and oxygen atoms in total. The molecule has 0 radical (unpaired) electrons. The first-order valence-corrected chi connectivity index (χ1v) is 23.2. The molecule has 2 aliphatic heterocycles. The van der Waals surface area contributed by atoms with Gasteiger partial charge in [-0.2, -0.15) is 10.2 Å². The number of rotatable bonds is 14. The van der Waals surface area contributed by atoms with E-state index in [1.165, 1.54) is 64.8 Å². The third-order valence-electron chi connectivity index (χ3n) is 13.2. The predicted molar refractivity (Wildman–Crippen MR) is 263 cm³/mol. The van der Waals surface area contributed by atoms with Gasteiger partial charge in [-0.25, -0.2) is 28.4 Å². The average molecular weight is 885 g/mol. The summed E-state index contributed by atoms with van der Waals surface area (Å²) in [4.78, 5) is 46.5. The molecule has 0 aliphatic carbocycles. The first-order valence-electron chi connectivity index (χ1n) is 23.2. The van der Waals surface area contributed by atoms with Crippen molar-refractivity contribution in [2.45, 2.75) is 46.1 Å². The Morgan fingerprint density at radius 1 is 0.545 bits per heavy atom. The summed E-state index contributed by atoms with van der Waals surface area (Å²) in [5.74, 6) is 0. The molecule has 0 atom stereocenters. The van der Waals surface area contributed by atoms with Gasteiger partial charge in [0.05, 0.1) is 22.8 Å². The molecular formula is C50H56N14O2. The van der Waals surface area contributed by atoms with Crippen LogP contribution in [0.3, 0.4) is 0 Å². The number of nitrogens with one attached hydrogen (secondary N) is 2. The Hall–Kier alpha value is -7.30. The van der Waals surface area contributed by atoms with Crippen molar-refractivity contribution in [3.8, 4) is 22.5 Å². The minimum atomic E-state index is -0.383. The van der Waals surface area contributed by atoms with Crippen LogP contribution in [-0.4, -0.2) is 113 Å². The Kier molecular flexibility index (Phi) is 12.1. The Morgan fingerprint density at radius 2 is 1.00 bits per heavy atom. The molecular weight excluding hydrogens is 829 g/mol. The van der Waals surface area contributed by atoms with Gasteiger partial charge in [0.15, 0.2) is 11.3 Å². The molecule has 2 aromatic carbocycles. The molecule has 6 aromatic heterocycles. The van der Waals surface area contributed by atoms with E-state index in [4.69, 9.17) is 0 Å². The van der Waals surface area contributed by atoms with Gasteiger partial charge >= 0.3 is 0 Å². The van der Waals surface area contributed by atoms with Crippen LogP contribution in [0.15, 0.2) is 132 Å². The van der Waals surface area contributed by atoms with E-state index in [0.717, 1.165) is 81.7 Å². The molecule has 0 unspecified atom stereocenters. The summed E-state index contributed by atoms with van der Waals surface area (Å²) >= 11 is 0. The SMILES string of the molecule is CCCN1CCN(c2ccc(Nc3ccc(-c4ccn(-n5ccc(-c6ccc(Nc7ccc(N8CCN(C(CC)CC)CC8)cc7)c7ncnn67)cc5=O)c(=O)c4)n4ncnc34)cc2)CC1. The van der Waals surface area contributed by atoms with Crippen molar-refractivity contribution in [3.63, 3.8) is 0 Å². The van der Waals surface area contributed by atoms with Gasteiger partial charge in [0.1, 0.15) is 12.7 Å². The maximum Gasteiger partial charge on any atom is 0.270 e. The molecule has 16 heteroatoms. The fourth-order valence-corrected chi connectivity index (χ4v) is 9.59. The zero-order chi connectivity index (χ0) is 45.1. The van der Waals surface area contributed by atoms with Crippen LogP contribution < -0.4 is 31.6 Å². The Balaban J connectivity index is 0.816. The highest BCUT2D eigenvalue weighted by Crippen LogP contribution is 2.30. The smallest absolute Gasteiger partial charge is 0.270 e. The number of aromatic nitrogens is 8. The van der Waals surface area contributed by atoms with Crippen LogP contribution in [0.2, 0.25) is 0 Å². The molecule has 66 heavy (non-hydrogen) atoms. The third-order valence-corrected chi connectivity index (χ3v) is 13.2. The van der Waals surface area contributed by atoms with E-state index in [9.17, 15) is 9.59 Å². The third kappa shape index (κ3) is 8.52. The molecule has 338 valence electrons. The minimum absolute atomic E-state index is 0.383. The summed E-state index contributed by atoms with van der Waals surface area (Å²) in [6, 6.07) is 32.0. The van der Waals surface area contributed by atoms with Crippen molar-refractivity contribution in [2.24, 2.45) is 0 Å². The van der Waals surface area contributed by atoms with Crippen molar-refractivity contribution in [1.29, 1.82) is 0 Å². The zero-order valence-corrected chi connectivity index (χ0v) is 37.8. The van der Waals surface area contributed by atoms with Crippen LogP contribution >= 0.6 is 0 Å². The van der Waals surface area contributed by atoms with Crippen LogP contribution in [0.25, 0.3) is 33.8 Å². The summed E-state index contributed by atoms with van der Waals surface area (Å²) in [7, 11) is 0. The van der Waals surface area contributed by atoms with E-state index in [0.29, 0.717) is 39.9 Å². The van der Waals surface area contributed by atoms with Crippen molar-refractivity contribution >= 4 is 45.4 Å². The van der Waals surface area contributed by atoms with Crippen molar-refractivity contribution in [2.75, 3.05) is 79.3 Å². The lowest BCUT2D eigenvalue weighted by molar-refractivity contribution is 0.175. The van der Waals surface area contributed by atoms with E-state index in [2.05, 4.69) is 120 Å². The fourth-order valence-electron chi connectivity index (χ4n) is 9.59. The monoisotopic (exact) mass is 884 g/mol. The standard InChI is InChI=1S/C50H56N14O2/c1-4-21-57-24-26-59(27-25-57)41-11-7-38(8-12-41)55-43-15-17-45(63-49(43)51-34-53-63)36-19-22-61(47(65)32-36)62-23-20-37(33-48(62)66)46-18-16-44(50-52-35-54-64(46)50)56-39-9-13-42(14-10-39)60-30-28-58(29-31-60)40(5-2)6-3/h7-20,22-23,32-35,40,55-56H,4-6,21,24-31H2,1-3H3. The lowest BCUT2D eigenvalue weighted by Crippen LogP contribution is -2.50. The van der Waals surface area contributed by atoms with Gasteiger partial charge in [0.25, 0.3) is 11.1 Å². The number of fused-ring (bicyclic) bond motifs is 2. The summed E-state index contributed by atoms with van der Waals surface area (Å²) < 4.78 is 6.01. The zero-order valence-electron chi connectivity index (χ0n) is 37.8. The maximum absolute atomic E-state index is 13.7. The number of pyridine rings is 4. The molecule has 10 rings (SSSR count).